The van der Waals surface area contributed by atoms with Crippen LogP contribution in [0, 0.1) is 24.0 Å². The highest BCUT2D eigenvalue weighted by Gasteiger charge is 2.13. The summed E-state index contributed by atoms with van der Waals surface area (Å²) in [6.45, 7) is 4.05. The number of rotatable bonds is 4. The van der Waals surface area contributed by atoms with Gasteiger partial charge in [-0.2, -0.15) is 0 Å². The fourth-order valence-electron chi connectivity index (χ4n) is 1.93. The number of hydrogen-bond donors (Lipinski definition) is 0. The van der Waals surface area contributed by atoms with Gasteiger partial charge in [-0.15, -0.1) is 0 Å². The lowest BCUT2D eigenvalue weighted by molar-refractivity contribution is -0.384. The standard InChI is InChI=1S/C16H15NO4/c1-11-6-7-12(2)14(8-11)10-21-16(18)13-4-3-5-15(9-13)17(19)20/h3-9H,10H2,1-2H3. The number of ether oxygens (including phenoxy) is 1. The fourth-order valence-corrected chi connectivity index (χ4v) is 1.93. The normalized spacial score (nSPS) is 10.2. The Bertz CT molecular complexity index is 694. The zero-order chi connectivity index (χ0) is 15.4. The van der Waals surface area contributed by atoms with Crippen molar-refractivity contribution < 1.29 is 14.5 Å². The molecule has 0 atom stereocenters. The summed E-state index contributed by atoms with van der Waals surface area (Å²) < 4.78 is 5.22. The van der Waals surface area contributed by atoms with Crippen molar-refractivity contribution in [1.29, 1.82) is 0 Å². The van der Waals surface area contributed by atoms with Crippen LogP contribution in [0.25, 0.3) is 0 Å². The topological polar surface area (TPSA) is 69.4 Å². The second-order valence-corrected chi connectivity index (χ2v) is 4.81. The minimum absolute atomic E-state index is 0.129. The average Bonchev–Trinajstić information content (AvgIpc) is 2.48. The Morgan fingerprint density at radius 3 is 2.67 bits per heavy atom. The molecule has 0 aliphatic heterocycles. The van der Waals surface area contributed by atoms with E-state index in [1.165, 1.54) is 24.3 Å². The van der Waals surface area contributed by atoms with Crippen LogP contribution in [0.1, 0.15) is 27.0 Å². The molecule has 0 spiro atoms. The van der Waals surface area contributed by atoms with Crippen molar-refractivity contribution in [2.24, 2.45) is 0 Å². The summed E-state index contributed by atoms with van der Waals surface area (Å²) >= 11 is 0. The lowest BCUT2D eigenvalue weighted by Crippen LogP contribution is -2.06. The molecule has 0 amide bonds. The number of carbonyl (C=O) groups excluding carboxylic acids is 1. The van der Waals surface area contributed by atoms with Gasteiger partial charge in [0.05, 0.1) is 10.5 Å². The Kier molecular flexibility index (Phi) is 4.33. The SMILES string of the molecule is Cc1ccc(C)c(COC(=O)c2cccc([N+](=O)[O-])c2)c1. The second-order valence-electron chi connectivity index (χ2n) is 4.81. The number of non-ortho nitro benzene ring substituents is 1. The van der Waals surface area contributed by atoms with Crippen molar-refractivity contribution >= 4 is 11.7 Å². The van der Waals surface area contributed by atoms with Crippen LogP contribution in [0.5, 0.6) is 0 Å². The van der Waals surface area contributed by atoms with Crippen molar-refractivity contribution in [3.8, 4) is 0 Å². The van der Waals surface area contributed by atoms with E-state index in [0.29, 0.717) is 0 Å². The first-order chi connectivity index (χ1) is 9.97. The molecular weight excluding hydrogens is 270 g/mol. The quantitative estimate of drug-likeness (QED) is 0.489. The molecule has 0 heterocycles. The number of hydrogen-bond acceptors (Lipinski definition) is 4. The monoisotopic (exact) mass is 285 g/mol. The molecule has 0 aliphatic carbocycles. The molecule has 0 radical (unpaired) electrons. The Morgan fingerprint density at radius 2 is 1.95 bits per heavy atom. The predicted molar refractivity (Wildman–Crippen MR) is 78.1 cm³/mol. The third-order valence-corrected chi connectivity index (χ3v) is 3.16. The molecule has 5 nitrogen and oxygen atoms in total. The first-order valence-electron chi connectivity index (χ1n) is 6.45. The number of aryl methyl sites for hydroxylation is 2. The molecule has 0 saturated carbocycles. The fraction of sp³-hybridized carbons (Fsp3) is 0.188. The van der Waals surface area contributed by atoms with Crippen molar-refractivity contribution in [2.75, 3.05) is 0 Å². The van der Waals surface area contributed by atoms with E-state index in [0.717, 1.165) is 16.7 Å². The molecule has 2 rings (SSSR count). The van der Waals surface area contributed by atoms with Gasteiger partial charge in [-0.25, -0.2) is 4.79 Å². The molecule has 5 heteroatoms. The zero-order valence-electron chi connectivity index (χ0n) is 11.8. The lowest BCUT2D eigenvalue weighted by Gasteiger charge is -2.08. The minimum Gasteiger partial charge on any atom is -0.457 e. The van der Waals surface area contributed by atoms with Gasteiger partial charge < -0.3 is 4.74 Å². The smallest absolute Gasteiger partial charge is 0.338 e. The van der Waals surface area contributed by atoms with Crippen LogP contribution >= 0.6 is 0 Å². The van der Waals surface area contributed by atoms with Crippen LogP contribution < -0.4 is 0 Å². The van der Waals surface area contributed by atoms with E-state index in [1.54, 1.807) is 0 Å². The summed E-state index contributed by atoms with van der Waals surface area (Å²) in [5.41, 5.74) is 3.09. The van der Waals surface area contributed by atoms with Gasteiger partial charge in [-0.3, -0.25) is 10.1 Å². The molecule has 21 heavy (non-hydrogen) atoms. The van der Waals surface area contributed by atoms with Crippen LogP contribution in [0.4, 0.5) is 5.69 Å². The third kappa shape index (κ3) is 3.66. The maximum Gasteiger partial charge on any atom is 0.338 e. The minimum atomic E-state index is -0.570. The van der Waals surface area contributed by atoms with E-state index in [9.17, 15) is 14.9 Å². The molecule has 0 unspecified atom stereocenters. The molecule has 0 N–H and O–H groups in total. The number of nitro groups is 1. The number of esters is 1. The Morgan fingerprint density at radius 1 is 1.19 bits per heavy atom. The summed E-state index contributed by atoms with van der Waals surface area (Å²) in [4.78, 5) is 22.1. The summed E-state index contributed by atoms with van der Waals surface area (Å²) in [6.07, 6.45) is 0. The summed E-state index contributed by atoms with van der Waals surface area (Å²) in [5, 5.41) is 10.7. The average molecular weight is 285 g/mol. The number of nitrogens with zero attached hydrogens (tertiary/aromatic N) is 1. The van der Waals surface area contributed by atoms with Gasteiger partial charge >= 0.3 is 5.97 Å². The maximum atomic E-state index is 11.9. The molecule has 0 aliphatic rings. The van der Waals surface area contributed by atoms with E-state index in [2.05, 4.69) is 0 Å². The summed E-state index contributed by atoms with van der Waals surface area (Å²) in [7, 11) is 0. The molecular formula is C16H15NO4. The van der Waals surface area contributed by atoms with E-state index in [-0.39, 0.29) is 17.9 Å². The van der Waals surface area contributed by atoms with Crippen molar-refractivity contribution in [3.63, 3.8) is 0 Å². The first kappa shape index (κ1) is 14.7. The van der Waals surface area contributed by atoms with Gasteiger partial charge in [-0.1, -0.05) is 29.8 Å². The molecule has 2 aromatic carbocycles. The molecule has 0 fully saturated rings. The highest BCUT2D eigenvalue weighted by Crippen LogP contribution is 2.16. The van der Waals surface area contributed by atoms with Crippen molar-refractivity contribution in [2.45, 2.75) is 20.5 Å². The summed E-state index contributed by atoms with van der Waals surface area (Å²) in [6, 6.07) is 11.4. The second kappa shape index (κ2) is 6.17. The van der Waals surface area contributed by atoms with Gasteiger partial charge in [0, 0.05) is 12.1 Å². The number of nitro benzene ring substituents is 1. The highest BCUT2D eigenvalue weighted by atomic mass is 16.6. The summed E-state index contributed by atoms with van der Waals surface area (Å²) in [5.74, 6) is -0.570. The Hall–Kier alpha value is -2.69. The number of carbonyl (C=O) groups is 1. The largest absolute Gasteiger partial charge is 0.457 e. The zero-order valence-corrected chi connectivity index (χ0v) is 11.8. The van der Waals surface area contributed by atoms with Gasteiger partial charge in [-0.05, 0) is 31.0 Å². The van der Waals surface area contributed by atoms with Gasteiger partial charge in [0.2, 0.25) is 0 Å². The van der Waals surface area contributed by atoms with E-state index < -0.39 is 10.9 Å². The predicted octanol–water partition coefficient (Wildman–Crippen LogP) is 3.57. The van der Waals surface area contributed by atoms with E-state index >= 15 is 0 Å². The highest BCUT2D eigenvalue weighted by molar-refractivity contribution is 5.90. The van der Waals surface area contributed by atoms with Crippen LogP contribution in [-0.2, 0) is 11.3 Å². The molecule has 0 saturated heterocycles. The molecule has 108 valence electrons. The molecule has 0 aromatic heterocycles. The van der Waals surface area contributed by atoms with Crippen LogP contribution in [-0.4, -0.2) is 10.9 Å². The van der Waals surface area contributed by atoms with Crippen molar-refractivity contribution in [1.82, 2.24) is 0 Å². The van der Waals surface area contributed by atoms with Gasteiger partial charge in [0.1, 0.15) is 6.61 Å². The third-order valence-electron chi connectivity index (χ3n) is 3.16. The number of benzene rings is 2. The molecule has 2 aromatic rings. The van der Waals surface area contributed by atoms with Gasteiger partial charge in [0.15, 0.2) is 0 Å². The maximum absolute atomic E-state index is 11.9. The van der Waals surface area contributed by atoms with E-state index in [4.69, 9.17) is 4.74 Å². The lowest BCUT2D eigenvalue weighted by atomic mass is 10.1. The van der Waals surface area contributed by atoms with Crippen LogP contribution in [0.15, 0.2) is 42.5 Å². The van der Waals surface area contributed by atoms with Crippen LogP contribution in [0.3, 0.4) is 0 Å². The van der Waals surface area contributed by atoms with E-state index in [1.807, 2.05) is 32.0 Å². The molecule has 0 bridgehead atoms. The Balaban J connectivity index is 2.10. The van der Waals surface area contributed by atoms with Crippen molar-refractivity contribution in [3.05, 3.63) is 74.8 Å². The van der Waals surface area contributed by atoms with Crippen LogP contribution in [0.2, 0.25) is 0 Å². The Labute approximate surface area is 122 Å². The van der Waals surface area contributed by atoms with Gasteiger partial charge in [0.25, 0.3) is 5.69 Å². The first-order valence-corrected chi connectivity index (χ1v) is 6.45.